The molecule has 0 aliphatic carbocycles. The second-order valence-electron chi connectivity index (χ2n) is 2.58. The largest absolute Gasteiger partial charge is 0.506 e. The molecule has 1 rings (SSSR count). The fourth-order valence-corrected chi connectivity index (χ4v) is 0.912. The molecule has 0 unspecified atom stereocenters. The highest BCUT2D eigenvalue weighted by Gasteiger charge is 1.95. The highest BCUT2D eigenvalue weighted by atomic mass is 16.3. The minimum absolute atomic E-state index is 0.0686. The Morgan fingerprint density at radius 1 is 1.54 bits per heavy atom. The molecule has 3 N–H and O–H groups in total. The van der Waals surface area contributed by atoms with Crippen LogP contribution in [0.15, 0.2) is 24.3 Å². The van der Waals surface area contributed by atoms with Gasteiger partial charge in [-0.1, -0.05) is 18.2 Å². The van der Waals surface area contributed by atoms with E-state index in [9.17, 15) is 5.11 Å². The summed E-state index contributed by atoms with van der Waals surface area (Å²) in [6.45, 7) is 0. The Balaban J connectivity index is 2.81. The van der Waals surface area contributed by atoms with Crippen molar-refractivity contribution in [2.75, 3.05) is 5.73 Å². The fraction of sp³-hybridized carbons (Fsp3) is 0.100. The second-order valence-corrected chi connectivity index (χ2v) is 2.58. The predicted octanol–water partition coefficient (Wildman–Crippen LogP) is 1.90. The third-order valence-corrected chi connectivity index (χ3v) is 1.57. The summed E-state index contributed by atoms with van der Waals surface area (Å²) in [5.41, 5.74) is 6.61. The van der Waals surface area contributed by atoms with E-state index in [1.54, 1.807) is 30.4 Å². The number of nitrogens with zero attached hydrogens (tertiary/aromatic N) is 1. The molecule has 0 saturated carbocycles. The molecule has 0 atom stereocenters. The highest BCUT2D eigenvalue weighted by molar-refractivity contribution is 5.60. The van der Waals surface area contributed by atoms with Gasteiger partial charge in [-0.2, -0.15) is 5.26 Å². The lowest BCUT2D eigenvalue weighted by molar-refractivity contribution is 0.478. The van der Waals surface area contributed by atoms with E-state index in [0.29, 0.717) is 12.1 Å². The van der Waals surface area contributed by atoms with Crippen molar-refractivity contribution in [2.45, 2.75) is 6.42 Å². The number of nitrogen functional groups attached to an aromatic ring is 1. The second kappa shape index (κ2) is 4.17. The van der Waals surface area contributed by atoms with Crippen molar-refractivity contribution in [3.63, 3.8) is 0 Å². The van der Waals surface area contributed by atoms with Crippen molar-refractivity contribution in [1.82, 2.24) is 0 Å². The molecule has 0 radical (unpaired) electrons. The van der Waals surface area contributed by atoms with Crippen LogP contribution in [0.25, 0.3) is 6.08 Å². The molecule has 66 valence electrons. The van der Waals surface area contributed by atoms with Crippen LogP contribution in [0.3, 0.4) is 0 Å². The van der Waals surface area contributed by atoms with Crippen molar-refractivity contribution in [3.8, 4) is 11.8 Å². The molecule has 0 spiro atoms. The van der Waals surface area contributed by atoms with Crippen LogP contribution in [-0.2, 0) is 0 Å². The average molecular weight is 174 g/mol. The zero-order valence-corrected chi connectivity index (χ0v) is 7.07. The monoisotopic (exact) mass is 174 g/mol. The fourth-order valence-electron chi connectivity index (χ4n) is 0.912. The molecule has 3 nitrogen and oxygen atoms in total. The Bertz CT molecular complexity index is 364. The van der Waals surface area contributed by atoms with E-state index in [1.165, 1.54) is 0 Å². The summed E-state index contributed by atoms with van der Waals surface area (Å²) in [4.78, 5) is 0. The number of allylic oxidation sites excluding steroid dienone is 1. The summed E-state index contributed by atoms with van der Waals surface area (Å²) in [5, 5.41) is 17.5. The number of rotatable bonds is 2. The van der Waals surface area contributed by atoms with Crippen LogP contribution in [0, 0.1) is 11.3 Å². The summed E-state index contributed by atoms with van der Waals surface area (Å²) in [5.74, 6) is 0.0686. The maximum absolute atomic E-state index is 9.23. The number of anilines is 1. The predicted molar refractivity (Wildman–Crippen MR) is 51.8 cm³/mol. The molecule has 0 amide bonds. The van der Waals surface area contributed by atoms with E-state index in [0.717, 1.165) is 5.56 Å². The van der Waals surface area contributed by atoms with Gasteiger partial charge in [0.05, 0.1) is 18.2 Å². The minimum atomic E-state index is 0.0686. The zero-order valence-electron chi connectivity index (χ0n) is 7.07. The summed E-state index contributed by atoms with van der Waals surface area (Å²) in [7, 11) is 0. The van der Waals surface area contributed by atoms with Crippen LogP contribution in [-0.4, -0.2) is 5.11 Å². The van der Waals surface area contributed by atoms with Gasteiger partial charge in [-0.3, -0.25) is 0 Å². The molecule has 0 aliphatic rings. The molecule has 1 aromatic carbocycles. The van der Waals surface area contributed by atoms with Gasteiger partial charge in [0.15, 0.2) is 0 Å². The Hall–Kier alpha value is -1.95. The third kappa shape index (κ3) is 2.53. The zero-order chi connectivity index (χ0) is 9.68. The lowest BCUT2D eigenvalue weighted by Crippen LogP contribution is -1.84. The first-order valence-corrected chi connectivity index (χ1v) is 3.86. The first-order valence-electron chi connectivity index (χ1n) is 3.86. The van der Waals surface area contributed by atoms with Gasteiger partial charge in [0.25, 0.3) is 0 Å². The number of hydrogen-bond donors (Lipinski definition) is 2. The molecular weight excluding hydrogens is 164 g/mol. The molecule has 1 aromatic rings. The first-order chi connectivity index (χ1) is 6.24. The summed E-state index contributed by atoms with van der Waals surface area (Å²) in [6.07, 6.45) is 3.86. The van der Waals surface area contributed by atoms with Gasteiger partial charge in [0.2, 0.25) is 0 Å². The van der Waals surface area contributed by atoms with Crippen molar-refractivity contribution in [1.29, 1.82) is 5.26 Å². The Morgan fingerprint density at radius 3 is 2.92 bits per heavy atom. The van der Waals surface area contributed by atoms with Crippen molar-refractivity contribution < 1.29 is 5.11 Å². The average Bonchev–Trinajstić information content (AvgIpc) is 2.12. The van der Waals surface area contributed by atoms with Gasteiger partial charge in [-0.25, -0.2) is 0 Å². The topological polar surface area (TPSA) is 70.0 Å². The third-order valence-electron chi connectivity index (χ3n) is 1.57. The standard InChI is InChI=1S/C10H10N2O/c11-6-2-1-3-8-4-5-9(12)10(13)7-8/h1,3-5,7,13H,2,12H2. The molecule has 0 fully saturated rings. The summed E-state index contributed by atoms with van der Waals surface area (Å²) >= 11 is 0. The molecule has 0 aliphatic heterocycles. The van der Waals surface area contributed by atoms with Gasteiger partial charge in [0, 0.05) is 0 Å². The summed E-state index contributed by atoms with van der Waals surface area (Å²) < 4.78 is 0. The van der Waals surface area contributed by atoms with E-state index in [2.05, 4.69) is 0 Å². The molecule has 0 aromatic heterocycles. The number of nitrogens with two attached hydrogens (primary N) is 1. The van der Waals surface area contributed by atoms with Crippen molar-refractivity contribution in [3.05, 3.63) is 29.8 Å². The first kappa shape index (κ1) is 9.14. The van der Waals surface area contributed by atoms with Crippen LogP contribution in [0.4, 0.5) is 5.69 Å². The van der Waals surface area contributed by atoms with Gasteiger partial charge in [-0.05, 0) is 17.7 Å². The number of phenolic OH excluding ortho intramolecular Hbond substituents is 1. The van der Waals surface area contributed by atoms with Gasteiger partial charge >= 0.3 is 0 Å². The Labute approximate surface area is 76.7 Å². The van der Waals surface area contributed by atoms with Crippen molar-refractivity contribution >= 4 is 11.8 Å². The molecule has 0 heterocycles. The minimum Gasteiger partial charge on any atom is -0.506 e. The van der Waals surface area contributed by atoms with Crippen LogP contribution >= 0.6 is 0 Å². The van der Waals surface area contributed by atoms with E-state index in [1.807, 2.05) is 6.07 Å². The number of aromatic hydroxyl groups is 1. The lowest BCUT2D eigenvalue weighted by Gasteiger charge is -1.98. The maximum Gasteiger partial charge on any atom is 0.139 e. The number of nitriles is 1. The number of phenols is 1. The van der Waals surface area contributed by atoms with Gasteiger partial charge in [-0.15, -0.1) is 0 Å². The van der Waals surface area contributed by atoms with E-state index >= 15 is 0 Å². The van der Waals surface area contributed by atoms with Crippen LogP contribution in [0.2, 0.25) is 0 Å². The SMILES string of the molecule is N#CCC=Cc1ccc(N)c(O)c1. The van der Waals surface area contributed by atoms with E-state index in [-0.39, 0.29) is 5.75 Å². The lowest BCUT2D eigenvalue weighted by atomic mass is 10.1. The van der Waals surface area contributed by atoms with Crippen LogP contribution in [0.5, 0.6) is 5.75 Å². The highest BCUT2D eigenvalue weighted by Crippen LogP contribution is 2.21. The normalized spacial score (nSPS) is 10.1. The Morgan fingerprint density at radius 2 is 2.31 bits per heavy atom. The molecule has 0 saturated heterocycles. The maximum atomic E-state index is 9.23. The van der Waals surface area contributed by atoms with Gasteiger partial charge in [0.1, 0.15) is 5.75 Å². The van der Waals surface area contributed by atoms with E-state index < -0.39 is 0 Å². The molecule has 13 heavy (non-hydrogen) atoms. The van der Waals surface area contributed by atoms with Gasteiger partial charge < -0.3 is 10.8 Å². The quantitative estimate of drug-likeness (QED) is 0.531. The van der Waals surface area contributed by atoms with Crippen molar-refractivity contribution in [2.24, 2.45) is 0 Å². The molecule has 0 bridgehead atoms. The molecular formula is C10H10N2O. The molecule has 3 heteroatoms. The Kier molecular flexibility index (Phi) is 2.93. The smallest absolute Gasteiger partial charge is 0.139 e. The van der Waals surface area contributed by atoms with Crippen LogP contribution < -0.4 is 5.73 Å². The van der Waals surface area contributed by atoms with E-state index in [4.69, 9.17) is 11.0 Å². The number of hydrogen-bond acceptors (Lipinski definition) is 3. The number of benzene rings is 1. The van der Waals surface area contributed by atoms with Crippen LogP contribution in [0.1, 0.15) is 12.0 Å². The summed E-state index contributed by atoms with van der Waals surface area (Å²) in [6, 6.07) is 6.96.